The lowest BCUT2D eigenvalue weighted by Crippen LogP contribution is -2.55. The van der Waals surface area contributed by atoms with Crippen molar-refractivity contribution in [2.45, 2.75) is 38.3 Å². The highest BCUT2D eigenvalue weighted by Crippen LogP contribution is 2.25. The SMILES string of the molecule is C[C@@H](O)c1ccnc(N2CCN3CCCCC3C2)c1. The van der Waals surface area contributed by atoms with Crippen molar-refractivity contribution in [2.75, 3.05) is 31.1 Å². The molecule has 4 nitrogen and oxygen atoms in total. The van der Waals surface area contributed by atoms with Crippen molar-refractivity contribution < 1.29 is 5.11 Å². The van der Waals surface area contributed by atoms with Crippen LogP contribution in [0, 0.1) is 0 Å². The molecule has 2 aliphatic rings. The van der Waals surface area contributed by atoms with E-state index in [2.05, 4.69) is 14.8 Å². The third-order valence-electron chi connectivity index (χ3n) is 4.41. The fourth-order valence-electron chi connectivity index (χ4n) is 3.23. The zero-order valence-electron chi connectivity index (χ0n) is 11.6. The van der Waals surface area contributed by atoms with E-state index in [9.17, 15) is 5.11 Å². The summed E-state index contributed by atoms with van der Waals surface area (Å²) in [5, 5.41) is 9.68. The van der Waals surface area contributed by atoms with Gasteiger partial charge >= 0.3 is 0 Å². The first-order valence-corrected chi connectivity index (χ1v) is 7.37. The maximum absolute atomic E-state index is 9.68. The van der Waals surface area contributed by atoms with E-state index >= 15 is 0 Å². The van der Waals surface area contributed by atoms with Gasteiger partial charge in [0.2, 0.25) is 0 Å². The number of rotatable bonds is 2. The Morgan fingerprint density at radius 2 is 2.21 bits per heavy atom. The molecule has 3 heterocycles. The molecule has 0 amide bonds. The minimum atomic E-state index is -0.419. The summed E-state index contributed by atoms with van der Waals surface area (Å²) in [5.41, 5.74) is 0.955. The van der Waals surface area contributed by atoms with E-state index in [1.165, 1.54) is 25.8 Å². The molecule has 2 aliphatic heterocycles. The van der Waals surface area contributed by atoms with Crippen LogP contribution in [0.1, 0.15) is 37.9 Å². The van der Waals surface area contributed by atoms with Gasteiger partial charge in [0.1, 0.15) is 5.82 Å². The van der Waals surface area contributed by atoms with Crippen LogP contribution in [0.2, 0.25) is 0 Å². The molecule has 0 bridgehead atoms. The number of aromatic nitrogens is 1. The van der Waals surface area contributed by atoms with E-state index in [0.29, 0.717) is 6.04 Å². The number of piperidine rings is 1. The normalized spacial score (nSPS) is 26.0. The van der Waals surface area contributed by atoms with Gasteiger partial charge in [0.25, 0.3) is 0 Å². The average Bonchev–Trinajstić information content (AvgIpc) is 2.47. The van der Waals surface area contributed by atoms with Crippen molar-refractivity contribution in [3.05, 3.63) is 23.9 Å². The predicted molar refractivity (Wildman–Crippen MR) is 76.3 cm³/mol. The zero-order chi connectivity index (χ0) is 13.2. The molecule has 2 atom stereocenters. The van der Waals surface area contributed by atoms with E-state index < -0.39 is 6.10 Å². The Kier molecular flexibility index (Phi) is 3.71. The molecule has 3 rings (SSSR count). The molecule has 1 N–H and O–H groups in total. The Morgan fingerprint density at radius 1 is 1.32 bits per heavy atom. The van der Waals surface area contributed by atoms with Gasteiger partial charge in [-0.15, -0.1) is 0 Å². The maximum atomic E-state index is 9.68. The quantitative estimate of drug-likeness (QED) is 0.881. The van der Waals surface area contributed by atoms with Gasteiger partial charge in [-0.1, -0.05) is 6.42 Å². The van der Waals surface area contributed by atoms with E-state index in [1.54, 1.807) is 6.92 Å². The minimum absolute atomic E-state index is 0.419. The number of hydrogen-bond acceptors (Lipinski definition) is 4. The summed E-state index contributed by atoms with van der Waals surface area (Å²) < 4.78 is 0. The summed E-state index contributed by atoms with van der Waals surface area (Å²) in [6, 6.07) is 4.62. The highest BCUT2D eigenvalue weighted by atomic mass is 16.3. The predicted octanol–water partition coefficient (Wildman–Crippen LogP) is 1.81. The van der Waals surface area contributed by atoms with Crippen LogP contribution in [-0.4, -0.2) is 47.2 Å². The van der Waals surface area contributed by atoms with E-state index in [1.807, 2.05) is 18.3 Å². The van der Waals surface area contributed by atoms with Gasteiger partial charge in [-0.05, 0) is 44.0 Å². The first-order chi connectivity index (χ1) is 9.24. The Morgan fingerprint density at radius 3 is 3.05 bits per heavy atom. The molecule has 19 heavy (non-hydrogen) atoms. The number of hydrogen-bond donors (Lipinski definition) is 1. The summed E-state index contributed by atoms with van der Waals surface area (Å²) in [6.45, 7) is 6.34. The second-order valence-electron chi connectivity index (χ2n) is 5.75. The molecule has 1 aromatic rings. The van der Waals surface area contributed by atoms with Gasteiger partial charge in [0.05, 0.1) is 6.10 Å². The van der Waals surface area contributed by atoms with Crippen molar-refractivity contribution in [2.24, 2.45) is 0 Å². The van der Waals surface area contributed by atoms with Crippen LogP contribution in [0.15, 0.2) is 18.3 Å². The lowest BCUT2D eigenvalue weighted by molar-refractivity contribution is 0.133. The van der Waals surface area contributed by atoms with E-state index in [-0.39, 0.29) is 0 Å². The van der Waals surface area contributed by atoms with Crippen LogP contribution in [0.3, 0.4) is 0 Å². The standard InChI is InChI=1S/C15H23N3O/c1-12(19)13-5-6-16-15(10-13)18-9-8-17-7-3-2-4-14(17)11-18/h5-6,10,12,14,19H,2-4,7-9,11H2,1H3/t12-,14?/m1/s1. The third-order valence-corrected chi connectivity index (χ3v) is 4.41. The molecular formula is C15H23N3O. The van der Waals surface area contributed by atoms with Crippen molar-refractivity contribution in [3.63, 3.8) is 0 Å². The van der Waals surface area contributed by atoms with Gasteiger partial charge in [-0.3, -0.25) is 4.90 Å². The summed E-state index contributed by atoms with van der Waals surface area (Å²) >= 11 is 0. The number of nitrogens with zero attached hydrogens (tertiary/aromatic N) is 3. The molecule has 2 fully saturated rings. The summed E-state index contributed by atoms with van der Waals surface area (Å²) in [4.78, 5) is 9.48. The minimum Gasteiger partial charge on any atom is -0.389 e. The smallest absolute Gasteiger partial charge is 0.128 e. The Bertz CT molecular complexity index is 435. The van der Waals surface area contributed by atoms with Crippen LogP contribution in [0.4, 0.5) is 5.82 Å². The molecule has 104 valence electrons. The van der Waals surface area contributed by atoms with Gasteiger partial charge in [-0.2, -0.15) is 0 Å². The molecular weight excluding hydrogens is 238 g/mol. The van der Waals surface area contributed by atoms with E-state index in [4.69, 9.17) is 0 Å². The Balaban J connectivity index is 1.74. The first-order valence-electron chi connectivity index (χ1n) is 7.37. The van der Waals surface area contributed by atoms with Gasteiger partial charge in [-0.25, -0.2) is 4.98 Å². The second-order valence-corrected chi connectivity index (χ2v) is 5.75. The van der Waals surface area contributed by atoms with Crippen LogP contribution >= 0.6 is 0 Å². The summed E-state index contributed by atoms with van der Waals surface area (Å²) in [5.74, 6) is 1.02. The summed E-state index contributed by atoms with van der Waals surface area (Å²) in [6.07, 6.45) is 5.41. The molecule has 0 saturated carbocycles. The van der Waals surface area contributed by atoms with E-state index in [0.717, 1.165) is 31.0 Å². The van der Waals surface area contributed by atoms with Crippen LogP contribution in [-0.2, 0) is 0 Å². The molecule has 0 spiro atoms. The molecule has 1 aromatic heterocycles. The van der Waals surface area contributed by atoms with Crippen molar-refractivity contribution in [1.82, 2.24) is 9.88 Å². The number of piperazine rings is 1. The number of pyridine rings is 1. The third kappa shape index (κ3) is 2.74. The van der Waals surface area contributed by atoms with Gasteiger partial charge in [0, 0.05) is 31.9 Å². The lowest BCUT2D eigenvalue weighted by atomic mass is 9.99. The number of anilines is 1. The number of aliphatic hydroxyl groups is 1. The van der Waals surface area contributed by atoms with Crippen molar-refractivity contribution in [3.8, 4) is 0 Å². The first kappa shape index (κ1) is 12.9. The number of fused-ring (bicyclic) bond motifs is 1. The van der Waals surface area contributed by atoms with Gasteiger partial charge < -0.3 is 10.0 Å². The highest BCUT2D eigenvalue weighted by molar-refractivity contribution is 5.42. The highest BCUT2D eigenvalue weighted by Gasteiger charge is 2.29. The van der Waals surface area contributed by atoms with Crippen molar-refractivity contribution in [1.29, 1.82) is 0 Å². The second kappa shape index (κ2) is 5.47. The topological polar surface area (TPSA) is 39.6 Å². The average molecular weight is 261 g/mol. The van der Waals surface area contributed by atoms with Crippen LogP contribution in [0.5, 0.6) is 0 Å². The number of aliphatic hydroxyl groups excluding tert-OH is 1. The fraction of sp³-hybridized carbons (Fsp3) is 0.667. The molecule has 0 aliphatic carbocycles. The molecule has 1 unspecified atom stereocenters. The largest absolute Gasteiger partial charge is 0.389 e. The van der Waals surface area contributed by atoms with Crippen molar-refractivity contribution >= 4 is 5.82 Å². The molecule has 0 aromatic carbocycles. The zero-order valence-corrected chi connectivity index (χ0v) is 11.6. The monoisotopic (exact) mass is 261 g/mol. The Hall–Kier alpha value is -1.13. The fourth-order valence-corrected chi connectivity index (χ4v) is 3.23. The Labute approximate surface area is 115 Å². The molecule has 0 radical (unpaired) electrons. The van der Waals surface area contributed by atoms with Crippen LogP contribution < -0.4 is 4.90 Å². The maximum Gasteiger partial charge on any atom is 0.128 e. The summed E-state index contributed by atoms with van der Waals surface area (Å²) in [7, 11) is 0. The lowest BCUT2D eigenvalue weighted by Gasteiger charge is -2.44. The molecule has 4 heteroatoms. The van der Waals surface area contributed by atoms with Gasteiger partial charge in [0.15, 0.2) is 0 Å². The van der Waals surface area contributed by atoms with Crippen LogP contribution in [0.25, 0.3) is 0 Å². The molecule has 2 saturated heterocycles.